The molecule has 0 amide bonds. The number of hydrogen-bond donors (Lipinski definition) is 1. The molecule has 0 spiro atoms. The van der Waals surface area contributed by atoms with Crippen LogP contribution in [0.25, 0.3) is 0 Å². The van der Waals surface area contributed by atoms with Crippen LogP contribution >= 0.6 is 23.4 Å². The molecule has 0 saturated heterocycles. The highest BCUT2D eigenvalue weighted by Gasteiger charge is 2.10. The molecule has 1 N–H and O–H groups in total. The second kappa shape index (κ2) is 9.25. The van der Waals surface area contributed by atoms with Crippen molar-refractivity contribution < 1.29 is 9.90 Å². The first-order valence-corrected chi connectivity index (χ1v) is 8.86. The maximum atomic E-state index is 11.0. The zero-order valence-electron chi connectivity index (χ0n) is 13.6. The Morgan fingerprint density at radius 3 is 2.60 bits per heavy atom. The van der Waals surface area contributed by atoms with Crippen molar-refractivity contribution in [3.8, 4) is 0 Å². The van der Waals surface area contributed by atoms with Crippen LogP contribution in [0.4, 0.5) is 5.82 Å². The van der Waals surface area contributed by atoms with Gasteiger partial charge < -0.3 is 10.0 Å². The van der Waals surface area contributed by atoms with Crippen molar-refractivity contribution >= 4 is 35.1 Å². The highest BCUT2D eigenvalue weighted by molar-refractivity contribution is 7.98. The molecule has 2 rings (SSSR count). The molecular weight excluding hydrogens is 358 g/mol. The summed E-state index contributed by atoms with van der Waals surface area (Å²) in [6.07, 6.45) is 3.56. The van der Waals surface area contributed by atoms with Crippen molar-refractivity contribution in [2.75, 3.05) is 18.0 Å². The Balaban J connectivity index is 2.16. The zero-order chi connectivity index (χ0) is 18.2. The van der Waals surface area contributed by atoms with Gasteiger partial charge in [0.1, 0.15) is 11.0 Å². The van der Waals surface area contributed by atoms with Crippen molar-refractivity contribution in [1.29, 1.82) is 0 Å². The van der Waals surface area contributed by atoms with Crippen LogP contribution in [-0.4, -0.2) is 34.1 Å². The van der Waals surface area contributed by atoms with Crippen LogP contribution in [0.1, 0.15) is 15.9 Å². The third-order valence-electron chi connectivity index (χ3n) is 3.23. The molecule has 25 heavy (non-hydrogen) atoms. The molecule has 130 valence electrons. The molecule has 0 aliphatic rings. The summed E-state index contributed by atoms with van der Waals surface area (Å²) >= 11 is 7.52. The van der Waals surface area contributed by atoms with Gasteiger partial charge in [-0.25, -0.2) is 14.8 Å². The quantitative estimate of drug-likeness (QED) is 0.305. The number of benzene rings is 1. The summed E-state index contributed by atoms with van der Waals surface area (Å²) in [6.45, 7) is 8.72. The number of halogens is 1. The molecule has 7 heteroatoms. The number of carboxylic acids is 1. The molecule has 2 aromatic rings. The average molecular weight is 376 g/mol. The fourth-order valence-electron chi connectivity index (χ4n) is 2.13. The third-order valence-corrected chi connectivity index (χ3v) is 4.34. The van der Waals surface area contributed by atoms with Gasteiger partial charge in [-0.15, -0.1) is 13.2 Å². The van der Waals surface area contributed by atoms with Crippen molar-refractivity contribution in [2.45, 2.75) is 10.9 Å². The van der Waals surface area contributed by atoms with Crippen LogP contribution in [0.3, 0.4) is 0 Å². The molecule has 0 fully saturated rings. The minimum atomic E-state index is -0.947. The van der Waals surface area contributed by atoms with E-state index in [1.807, 2.05) is 11.0 Å². The highest BCUT2D eigenvalue weighted by Crippen LogP contribution is 2.25. The molecule has 0 unspecified atom stereocenters. The second-order valence-electron chi connectivity index (χ2n) is 5.11. The van der Waals surface area contributed by atoms with Crippen molar-refractivity contribution in [1.82, 2.24) is 9.97 Å². The Morgan fingerprint density at radius 2 is 1.96 bits per heavy atom. The number of aromatic carboxylic acids is 1. The van der Waals surface area contributed by atoms with Gasteiger partial charge in [0.05, 0.1) is 5.56 Å². The fraction of sp³-hybridized carbons (Fsp3) is 0.167. The third kappa shape index (κ3) is 5.62. The lowest BCUT2D eigenvalue weighted by Gasteiger charge is -2.20. The Bertz CT molecular complexity index is 773. The Labute approximate surface area is 156 Å². The second-order valence-corrected chi connectivity index (χ2v) is 6.44. The molecule has 0 atom stereocenters. The van der Waals surface area contributed by atoms with Crippen molar-refractivity contribution in [3.63, 3.8) is 0 Å². The van der Waals surface area contributed by atoms with Gasteiger partial charge in [-0.3, -0.25) is 0 Å². The molecule has 0 aliphatic heterocycles. The van der Waals surface area contributed by atoms with E-state index >= 15 is 0 Å². The zero-order valence-corrected chi connectivity index (χ0v) is 15.1. The number of carboxylic acid groups (broad SMARTS) is 1. The molecule has 0 radical (unpaired) electrons. The van der Waals surface area contributed by atoms with Gasteiger partial charge in [0.2, 0.25) is 0 Å². The smallest absolute Gasteiger partial charge is 0.335 e. The number of aromatic nitrogens is 2. The normalized spacial score (nSPS) is 10.3. The molecule has 0 bridgehead atoms. The number of carbonyl (C=O) groups is 1. The number of hydrogen-bond acceptors (Lipinski definition) is 5. The van der Waals surface area contributed by atoms with Crippen LogP contribution in [0.5, 0.6) is 0 Å². The van der Waals surface area contributed by atoms with Gasteiger partial charge in [0, 0.05) is 24.9 Å². The van der Waals surface area contributed by atoms with E-state index in [2.05, 4.69) is 23.1 Å². The average Bonchev–Trinajstić information content (AvgIpc) is 2.59. The van der Waals surface area contributed by atoms with Gasteiger partial charge >= 0.3 is 5.97 Å². The summed E-state index contributed by atoms with van der Waals surface area (Å²) < 4.78 is 0. The van der Waals surface area contributed by atoms with Crippen LogP contribution in [0, 0.1) is 0 Å². The summed E-state index contributed by atoms with van der Waals surface area (Å²) in [6, 6.07) is 8.49. The first kappa shape index (κ1) is 19.0. The number of rotatable bonds is 9. The Morgan fingerprint density at radius 1 is 1.24 bits per heavy atom. The van der Waals surface area contributed by atoms with Crippen molar-refractivity contribution in [2.24, 2.45) is 0 Å². The van der Waals surface area contributed by atoms with E-state index in [9.17, 15) is 4.79 Å². The first-order valence-electron chi connectivity index (χ1n) is 7.50. The van der Waals surface area contributed by atoms with Gasteiger partial charge in [-0.1, -0.05) is 47.6 Å². The van der Waals surface area contributed by atoms with E-state index in [0.29, 0.717) is 35.0 Å². The summed E-state index contributed by atoms with van der Waals surface area (Å²) in [5, 5.41) is 9.94. The highest BCUT2D eigenvalue weighted by atomic mass is 35.5. The lowest BCUT2D eigenvalue weighted by atomic mass is 10.1. The van der Waals surface area contributed by atoms with Crippen LogP contribution in [0.2, 0.25) is 5.15 Å². The number of nitrogens with zero attached hydrogens (tertiary/aromatic N) is 3. The van der Waals surface area contributed by atoms with E-state index in [4.69, 9.17) is 16.7 Å². The number of thioether (sulfide) groups is 1. The van der Waals surface area contributed by atoms with E-state index in [1.54, 1.807) is 36.4 Å². The maximum Gasteiger partial charge on any atom is 0.335 e. The summed E-state index contributed by atoms with van der Waals surface area (Å²) in [4.78, 5) is 21.8. The van der Waals surface area contributed by atoms with Gasteiger partial charge in [0.15, 0.2) is 5.16 Å². The van der Waals surface area contributed by atoms with Crippen LogP contribution < -0.4 is 4.90 Å². The molecule has 1 aromatic heterocycles. The Hall–Kier alpha value is -2.31. The molecule has 0 aliphatic carbocycles. The van der Waals surface area contributed by atoms with E-state index in [1.165, 1.54) is 11.8 Å². The topological polar surface area (TPSA) is 66.3 Å². The monoisotopic (exact) mass is 375 g/mol. The van der Waals surface area contributed by atoms with Crippen molar-refractivity contribution in [3.05, 3.63) is 71.9 Å². The summed E-state index contributed by atoms with van der Waals surface area (Å²) in [5.41, 5.74) is 1.14. The molecular formula is C18H18ClN3O2S. The van der Waals surface area contributed by atoms with E-state index < -0.39 is 5.97 Å². The SMILES string of the molecule is C=CCN(CC=C)c1cc(Cl)nc(SCc2cccc(C(=O)O)c2)n1. The minimum absolute atomic E-state index is 0.258. The van der Waals surface area contributed by atoms with Crippen LogP contribution in [0.15, 0.2) is 60.8 Å². The predicted octanol–water partition coefficient (Wildman–Crippen LogP) is 4.30. The lowest BCUT2D eigenvalue weighted by Crippen LogP contribution is -2.24. The van der Waals surface area contributed by atoms with Crippen LogP contribution in [-0.2, 0) is 5.75 Å². The first-order chi connectivity index (χ1) is 12.0. The largest absolute Gasteiger partial charge is 0.478 e. The maximum absolute atomic E-state index is 11.0. The van der Waals surface area contributed by atoms with Gasteiger partial charge in [-0.2, -0.15) is 0 Å². The fourth-order valence-corrected chi connectivity index (χ4v) is 3.15. The predicted molar refractivity (Wildman–Crippen MR) is 103 cm³/mol. The molecule has 5 nitrogen and oxygen atoms in total. The van der Waals surface area contributed by atoms with Gasteiger partial charge in [0.25, 0.3) is 0 Å². The molecule has 1 aromatic carbocycles. The van der Waals surface area contributed by atoms with E-state index in [-0.39, 0.29) is 5.56 Å². The van der Waals surface area contributed by atoms with E-state index in [0.717, 1.165) is 5.56 Å². The molecule has 1 heterocycles. The molecule has 0 saturated carbocycles. The number of anilines is 1. The minimum Gasteiger partial charge on any atom is -0.478 e. The standard InChI is InChI=1S/C18H18ClN3O2S/c1-3-8-22(9-4-2)16-11-15(19)20-18(21-16)25-12-13-6-5-7-14(10-13)17(23)24/h3-7,10-11H,1-2,8-9,12H2,(H,23,24). The Kier molecular flexibility index (Phi) is 7.03. The summed E-state index contributed by atoms with van der Waals surface area (Å²) in [5.74, 6) is 0.295. The van der Waals surface area contributed by atoms with Gasteiger partial charge in [-0.05, 0) is 17.7 Å². The summed E-state index contributed by atoms with van der Waals surface area (Å²) in [7, 11) is 0. The lowest BCUT2D eigenvalue weighted by molar-refractivity contribution is 0.0697.